The highest BCUT2D eigenvalue weighted by atomic mass is 32.2. The third-order valence-electron chi connectivity index (χ3n) is 4.19. The van der Waals surface area contributed by atoms with Crippen molar-refractivity contribution in [2.45, 2.75) is 63.8 Å². The molecule has 2 heteroatoms. The van der Waals surface area contributed by atoms with Crippen LogP contribution in [0.2, 0.25) is 0 Å². The lowest BCUT2D eigenvalue weighted by Gasteiger charge is -2.31. The Balaban J connectivity index is 1.98. The number of aryl methyl sites for hydroxylation is 2. The zero-order valence-electron chi connectivity index (χ0n) is 12.7. The molecular formula is C17H27NS. The van der Waals surface area contributed by atoms with Gasteiger partial charge in [0.05, 0.1) is 0 Å². The van der Waals surface area contributed by atoms with Crippen molar-refractivity contribution in [2.24, 2.45) is 0 Å². The van der Waals surface area contributed by atoms with Gasteiger partial charge in [0.1, 0.15) is 0 Å². The van der Waals surface area contributed by atoms with Crippen molar-refractivity contribution in [3.63, 3.8) is 0 Å². The van der Waals surface area contributed by atoms with Crippen LogP contribution in [0.25, 0.3) is 0 Å². The molecule has 0 saturated heterocycles. The van der Waals surface area contributed by atoms with Gasteiger partial charge < -0.3 is 5.32 Å². The van der Waals surface area contributed by atoms with Crippen molar-refractivity contribution in [2.75, 3.05) is 6.26 Å². The lowest BCUT2D eigenvalue weighted by molar-refractivity contribution is 0.353. The first-order chi connectivity index (χ1) is 9.08. The number of nitrogens with one attached hydrogen (secondary N) is 1. The average molecular weight is 277 g/mol. The summed E-state index contributed by atoms with van der Waals surface area (Å²) in [4.78, 5) is 0. The second-order valence-electron chi connectivity index (χ2n) is 6.03. The lowest BCUT2D eigenvalue weighted by atomic mass is 9.93. The Labute approximate surface area is 122 Å². The predicted molar refractivity (Wildman–Crippen MR) is 87.0 cm³/mol. The summed E-state index contributed by atoms with van der Waals surface area (Å²) in [6.45, 7) is 6.68. The van der Waals surface area contributed by atoms with Crippen molar-refractivity contribution in [3.05, 3.63) is 34.9 Å². The van der Waals surface area contributed by atoms with Crippen molar-refractivity contribution in [3.8, 4) is 0 Å². The summed E-state index contributed by atoms with van der Waals surface area (Å²) in [5.74, 6) is 0. The van der Waals surface area contributed by atoms with E-state index in [0.717, 1.165) is 5.25 Å². The van der Waals surface area contributed by atoms with E-state index in [1.807, 2.05) is 11.8 Å². The fourth-order valence-corrected chi connectivity index (χ4v) is 4.05. The Bertz CT molecular complexity index is 395. The minimum Gasteiger partial charge on any atom is -0.307 e. The van der Waals surface area contributed by atoms with E-state index >= 15 is 0 Å². The maximum atomic E-state index is 3.84. The molecule has 3 unspecified atom stereocenters. The van der Waals surface area contributed by atoms with E-state index in [-0.39, 0.29) is 0 Å². The number of benzene rings is 1. The molecule has 1 aliphatic carbocycles. The van der Waals surface area contributed by atoms with Crippen LogP contribution in [0.4, 0.5) is 0 Å². The fraction of sp³-hybridized carbons (Fsp3) is 0.647. The summed E-state index contributed by atoms with van der Waals surface area (Å²) in [7, 11) is 0. The molecule has 1 saturated carbocycles. The molecule has 0 aromatic heterocycles. The van der Waals surface area contributed by atoms with E-state index in [1.165, 1.54) is 42.4 Å². The van der Waals surface area contributed by atoms with Gasteiger partial charge in [0, 0.05) is 17.3 Å². The van der Waals surface area contributed by atoms with E-state index < -0.39 is 0 Å². The van der Waals surface area contributed by atoms with Crippen molar-refractivity contribution in [1.82, 2.24) is 5.32 Å². The number of hydrogen-bond acceptors (Lipinski definition) is 2. The third-order valence-corrected chi connectivity index (χ3v) is 5.28. The molecule has 1 N–H and O–H groups in total. The minimum atomic E-state index is 0.462. The van der Waals surface area contributed by atoms with Gasteiger partial charge in [0.2, 0.25) is 0 Å². The largest absolute Gasteiger partial charge is 0.307 e. The van der Waals surface area contributed by atoms with E-state index in [4.69, 9.17) is 0 Å². The SMILES string of the molecule is CSC1CCCC(NC(C)c2cc(C)cc(C)c2)C1. The monoisotopic (exact) mass is 277 g/mol. The summed E-state index contributed by atoms with van der Waals surface area (Å²) in [5, 5.41) is 4.70. The molecule has 1 aliphatic rings. The normalized spacial score (nSPS) is 25.3. The zero-order valence-corrected chi connectivity index (χ0v) is 13.5. The molecule has 1 fully saturated rings. The summed E-state index contributed by atoms with van der Waals surface area (Å²) in [6.07, 6.45) is 7.70. The van der Waals surface area contributed by atoms with Gasteiger partial charge in [0.25, 0.3) is 0 Å². The molecule has 2 rings (SSSR count). The van der Waals surface area contributed by atoms with E-state index in [1.54, 1.807) is 0 Å². The summed E-state index contributed by atoms with van der Waals surface area (Å²) < 4.78 is 0. The second-order valence-corrected chi connectivity index (χ2v) is 7.17. The third kappa shape index (κ3) is 4.25. The first-order valence-electron chi connectivity index (χ1n) is 7.45. The van der Waals surface area contributed by atoms with Gasteiger partial charge in [-0.25, -0.2) is 0 Å². The second kappa shape index (κ2) is 6.81. The van der Waals surface area contributed by atoms with Crippen LogP contribution in [-0.2, 0) is 0 Å². The van der Waals surface area contributed by atoms with Crippen molar-refractivity contribution in [1.29, 1.82) is 0 Å². The lowest BCUT2D eigenvalue weighted by Crippen LogP contribution is -2.36. The molecule has 0 heterocycles. The van der Waals surface area contributed by atoms with Crippen LogP contribution >= 0.6 is 11.8 Å². The highest BCUT2D eigenvalue weighted by Crippen LogP contribution is 2.28. The maximum absolute atomic E-state index is 3.84. The Hall–Kier alpha value is -0.470. The van der Waals surface area contributed by atoms with Crippen LogP contribution in [0.1, 0.15) is 55.3 Å². The summed E-state index contributed by atoms with van der Waals surface area (Å²) >= 11 is 2.04. The van der Waals surface area contributed by atoms with Crippen LogP contribution < -0.4 is 5.32 Å². The molecule has 0 spiro atoms. The smallest absolute Gasteiger partial charge is 0.0294 e. The predicted octanol–water partition coefficient (Wildman–Crippen LogP) is 4.63. The molecule has 0 radical (unpaired) electrons. The molecule has 106 valence electrons. The fourth-order valence-electron chi connectivity index (χ4n) is 3.22. The Morgan fingerprint density at radius 2 is 1.84 bits per heavy atom. The van der Waals surface area contributed by atoms with Crippen LogP contribution in [0, 0.1) is 13.8 Å². The molecule has 3 atom stereocenters. The Morgan fingerprint density at radius 1 is 1.16 bits per heavy atom. The van der Waals surface area contributed by atoms with Gasteiger partial charge in [-0.3, -0.25) is 0 Å². The molecule has 0 amide bonds. The van der Waals surface area contributed by atoms with E-state index in [2.05, 4.69) is 50.5 Å². The highest BCUT2D eigenvalue weighted by Gasteiger charge is 2.22. The molecule has 19 heavy (non-hydrogen) atoms. The molecule has 1 nitrogen and oxygen atoms in total. The quantitative estimate of drug-likeness (QED) is 0.861. The zero-order chi connectivity index (χ0) is 13.8. The van der Waals surface area contributed by atoms with Crippen LogP contribution in [0.3, 0.4) is 0 Å². The van der Waals surface area contributed by atoms with Crippen molar-refractivity contribution < 1.29 is 0 Å². The first kappa shape index (κ1) is 14.9. The van der Waals surface area contributed by atoms with Crippen LogP contribution in [0.15, 0.2) is 18.2 Å². The van der Waals surface area contributed by atoms with Gasteiger partial charge in [-0.2, -0.15) is 11.8 Å². The molecule has 0 bridgehead atoms. The van der Waals surface area contributed by atoms with E-state index in [9.17, 15) is 0 Å². The summed E-state index contributed by atoms with van der Waals surface area (Å²) in [5.41, 5.74) is 4.17. The highest BCUT2D eigenvalue weighted by molar-refractivity contribution is 7.99. The molecule has 0 aliphatic heterocycles. The number of rotatable bonds is 4. The van der Waals surface area contributed by atoms with Gasteiger partial charge in [0.15, 0.2) is 0 Å². The van der Waals surface area contributed by atoms with Gasteiger partial charge >= 0.3 is 0 Å². The number of hydrogen-bond donors (Lipinski definition) is 1. The molecule has 1 aromatic rings. The van der Waals surface area contributed by atoms with Crippen LogP contribution in [-0.4, -0.2) is 17.5 Å². The van der Waals surface area contributed by atoms with Gasteiger partial charge in [-0.15, -0.1) is 0 Å². The van der Waals surface area contributed by atoms with E-state index in [0.29, 0.717) is 12.1 Å². The topological polar surface area (TPSA) is 12.0 Å². The number of thioether (sulfide) groups is 1. The van der Waals surface area contributed by atoms with Crippen LogP contribution in [0.5, 0.6) is 0 Å². The van der Waals surface area contributed by atoms with Gasteiger partial charge in [-0.05, 0) is 51.9 Å². The van der Waals surface area contributed by atoms with Crippen molar-refractivity contribution >= 4 is 11.8 Å². The molecule has 1 aromatic carbocycles. The Kier molecular flexibility index (Phi) is 5.35. The average Bonchev–Trinajstić information content (AvgIpc) is 2.37. The Morgan fingerprint density at radius 3 is 2.47 bits per heavy atom. The first-order valence-corrected chi connectivity index (χ1v) is 8.74. The summed E-state index contributed by atoms with van der Waals surface area (Å²) in [6, 6.07) is 8.05. The maximum Gasteiger partial charge on any atom is 0.0294 e. The standard InChI is InChI=1S/C17H27NS/c1-12-8-13(2)10-15(9-12)14(3)18-16-6-5-7-17(11-16)19-4/h8-10,14,16-18H,5-7,11H2,1-4H3. The molecular weight excluding hydrogens is 250 g/mol. The van der Waals surface area contributed by atoms with Gasteiger partial charge in [-0.1, -0.05) is 35.7 Å². The minimum absolute atomic E-state index is 0.462.